The summed E-state index contributed by atoms with van der Waals surface area (Å²) < 4.78 is 25.6. The van der Waals surface area contributed by atoms with Crippen molar-refractivity contribution in [1.29, 1.82) is 0 Å². The number of aromatic amines is 1. The molecule has 2 rings (SSSR count). The van der Waals surface area contributed by atoms with Gasteiger partial charge >= 0.3 is 0 Å². The highest BCUT2D eigenvalue weighted by Gasteiger charge is 2.22. The Morgan fingerprint density at radius 3 is 2.82 bits per heavy atom. The second-order valence-corrected chi connectivity index (χ2v) is 6.52. The molecule has 5 nitrogen and oxygen atoms in total. The van der Waals surface area contributed by atoms with Crippen LogP contribution in [0.4, 0.5) is 0 Å². The van der Waals surface area contributed by atoms with E-state index in [9.17, 15) is 8.42 Å². The van der Waals surface area contributed by atoms with Gasteiger partial charge in [0.25, 0.3) is 10.0 Å². The monoisotopic (exact) mass is 271 g/mol. The highest BCUT2D eigenvalue weighted by atomic mass is 32.2. The fourth-order valence-corrected chi connectivity index (χ4v) is 3.20. The second-order valence-electron chi connectivity index (χ2n) is 3.73. The molecule has 0 aliphatic rings. The molecule has 2 heterocycles. The van der Waals surface area contributed by atoms with Crippen LogP contribution in [-0.4, -0.2) is 29.7 Å². The van der Waals surface area contributed by atoms with Crippen LogP contribution < -0.4 is 0 Å². The third kappa shape index (κ3) is 2.56. The van der Waals surface area contributed by atoms with Crippen molar-refractivity contribution < 1.29 is 8.42 Å². The number of rotatable bonds is 4. The van der Waals surface area contributed by atoms with E-state index in [0.717, 1.165) is 5.56 Å². The Hall–Kier alpha value is -1.18. The number of hydrogen-bond donors (Lipinski definition) is 1. The minimum absolute atomic E-state index is 0.132. The summed E-state index contributed by atoms with van der Waals surface area (Å²) in [6.45, 7) is 2.09. The standard InChI is InChI=1S/C10H13N3O2S2/c1-8-11-5-10(12-8)17(14,15)13(2)6-9-3-4-16-7-9/h3-5,7H,6H2,1-2H3,(H,11,12). The molecule has 0 saturated heterocycles. The van der Waals surface area contributed by atoms with E-state index >= 15 is 0 Å². The lowest BCUT2D eigenvalue weighted by Crippen LogP contribution is -2.26. The van der Waals surface area contributed by atoms with E-state index in [-0.39, 0.29) is 5.03 Å². The largest absolute Gasteiger partial charge is 0.332 e. The summed E-state index contributed by atoms with van der Waals surface area (Å²) in [6.07, 6.45) is 1.34. The Kier molecular flexibility index (Phi) is 3.32. The van der Waals surface area contributed by atoms with Gasteiger partial charge in [0.05, 0.1) is 6.20 Å². The van der Waals surface area contributed by atoms with Gasteiger partial charge < -0.3 is 4.98 Å². The predicted octanol–water partition coefficient (Wildman–Crippen LogP) is 1.60. The maximum atomic E-state index is 12.1. The van der Waals surface area contributed by atoms with Crippen LogP contribution in [0, 0.1) is 6.92 Å². The van der Waals surface area contributed by atoms with Gasteiger partial charge in [-0.05, 0) is 29.3 Å². The zero-order valence-electron chi connectivity index (χ0n) is 9.54. The molecule has 0 radical (unpaired) electrons. The van der Waals surface area contributed by atoms with Crippen LogP contribution in [0.2, 0.25) is 0 Å². The quantitative estimate of drug-likeness (QED) is 0.918. The van der Waals surface area contributed by atoms with E-state index in [1.54, 1.807) is 25.3 Å². The minimum atomic E-state index is -3.47. The fraction of sp³-hybridized carbons (Fsp3) is 0.300. The van der Waals surface area contributed by atoms with Crippen LogP contribution in [0.25, 0.3) is 0 Å². The molecule has 0 spiro atoms. The van der Waals surface area contributed by atoms with Crippen molar-refractivity contribution in [3.63, 3.8) is 0 Å². The molecule has 0 unspecified atom stereocenters. The number of thiophene rings is 1. The molecule has 0 aliphatic heterocycles. The van der Waals surface area contributed by atoms with Crippen molar-refractivity contribution in [3.8, 4) is 0 Å². The van der Waals surface area contributed by atoms with Crippen LogP contribution in [0.1, 0.15) is 11.4 Å². The first-order chi connectivity index (χ1) is 8.00. The van der Waals surface area contributed by atoms with Gasteiger partial charge in [0.1, 0.15) is 5.82 Å². The number of sulfonamides is 1. The molecular weight excluding hydrogens is 258 g/mol. The average Bonchev–Trinajstić information content (AvgIpc) is 2.89. The van der Waals surface area contributed by atoms with Crippen molar-refractivity contribution in [2.45, 2.75) is 18.5 Å². The van der Waals surface area contributed by atoms with Crippen LogP contribution in [0.3, 0.4) is 0 Å². The van der Waals surface area contributed by atoms with Gasteiger partial charge in [-0.25, -0.2) is 13.4 Å². The van der Waals surface area contributed by atoms with Gasteiger partial charge in [0.2, 0.25) is 0 Å². The summed E-state index contributed by atoms with van der Waals surface area (Å²) >= 11 is 1.55. The maximum absolute atomic E-state index is 12.1. The minimum Gasteiger partial charge on any atom is -0.332 e. The Bertz CT molecular complexity index is 587. The molecule has 0 aliphatic carbocycles. The Morgan fingerprint density at radius 1 is 1.53 bits per heavy atom. The van der Waals surface area contributed by atoms with Gasteiger partial charge in [0.15, 0.2) is 5.03 Å². The van der Waals surface area contributed by atoms with Crippen molar-refractivity contribution in [1.82, 2.24) is 14.3 Å². The number of hydrogen-bond acceptors (Lipinski definition) is 4. The highest BCUT2D eigenvalue weighted by Crippen LogP contribution is 2.16. The summed E-state index contributed by atoms with van der Waals surface area (Å²) in [4.78, 5) is 6.64. The van der Waals surface area contributed by atoms with Crippen LogP contribution in [0.15, 0.2) is 28.0 Å². The topological polar surface area (TPSA) is 66.1 Å². The van der Waals surface area contributed by atoms with Crippen LogP contribution in [-0.2, 0) is 16.6 Å². The molecule has 2 aromatic rings. The summed E-state index contributed by atoms with van der Waals surface area (Å²) in [5, 5.41) is 3.99. The number of nitrogens with zero attached hydrogens (tertiary/aromatic N) is 2. The molecule has 0 bridgehead atoms. The van der Waals surface area contributed by atoms with Crippen molar-refractivity contribution in [2.24, 2.45) is 0 Å². The summed E-state index contributed by atoms with van der Waals surface area (Å²) in [7, 11) is -1.92. The zero-order chi connectivity index (χ0) is 12.5. The Labute approximate surface area is 104 Å². The number of imidazole rings is 1. The molecule has 1 N–H and O–H groups in total. The molecule has 2 aromatic heterocycles. The lowest BCUT2D eigenvalue weighted by Gasteiger charge is -2.14. The zero-order valence-corrected chi connectivity index (χ0v) is 11.2. The Balaban J connectivity index is 2.21. The molecule has 0 atom stereocenters. The SMILES string of the molecule is Cc1ncc(S(=O)(=O)N(C)Cc2ccsc2)[nH]1. The van der Waals surface area contributed by atoms with Gasteiger partial charge in [-0.15, -0.1) is 0 Å². The second kappa shape index (κ2) is 4.59. The summed E-state index contributed by atoms with van der Waals surface area (Å²) in [6, 6.07) is 1.91. The number of H-pyrrole nitrogens is 1. The third-order valence-corrected chi connectivity index (χ3v) is 4.80. The average molecular weight is 271 g/mol. The lowest BCUT2D eigenvalue weighted by molar-refractivity contribution is 0.464. The first kappa shape index (κ1) is 12.3. The molecule has 0 saturated carbocycles. The molecule has 17 heavy (non-hydrogen) atoms. The molecule has 0 fully saturated rings. The molecule has 0 aromatic carbocycles. The van der Waals surface area contributed by atoms with E-state index in [2.05, 4.69) is 9.97 Å². The summed E-state index contributed by atoms with van der Waals surface area (Å²) in [5.74, 6) is 0.590. The van der Waals surface area contributed by atoms with Gasteiger partial charge in [-0.3, -0.25) is 0 Å². The first-order valence-electron chi connectivity index (χ1n) is 4.99. The van der Waals surface area contributed by atoms with Crippen molar-refractivity contribution >= 4 is 21.4 Å². The van der Waals surface area contributed by atoms with E-state index in [1.165, 1.54) is 10.5 Å². The lowest BCUT2D eigenvalue weighted by atomic mass is 10.3. The van der Waals surface area contributed by atoms with E-state index in [0.29, 0.717) is 12.4 Å². The van der Waals surface area contributed by atoms with Gasteiger partial charge in [-0.2, -0.15) is 15.6 Å². The molecule has 0 amide bonds. The van der Waals surface area contributed by atoms with Crippen molar-refractivity contribution in [3.05, 3.63) is 34.4 Å². The Morgan fingerprint density at radius 2 is 2.29 bits per heavy atom. The fourth-order valence-electron chi connectivity index (χ4n) is 1.42. The third-order valence-electron chi connectivity index (χ3n) is 2.35. The summed E-state index contributed by atoms with van der Waals surface area (Å²) in [5.41, 5.74) is 0.984. The highest BCUT2D eigenvalue weighted by molar-refractivity contribution is 7.89. The van der Waals surface area contributed by atoms with E-state index in [4.69, 9.17) is 0 Å². The molecule has 7 heteroatoms. The van der Waals surface area contributed by atoms with Gasteiger partial charge in [0, 0.05) is 13.6 Å². The van der Waals surface area contributed by atoms with Crippen LogP contribution in [0.5, 0.6) is 0 Å². The predicted molar refractivity (Wildman–Crippen MR) is 66.3 cm³/mol. The smallest absolute Gasteiger partial charge is 0.260 e. The van der Waals surface area contributed by atoms with Crippen LogP contribution >= 0.6 is 11.3 Å². The van der Waals surface area contributed by atoms with E-state index < -0.39 is 10.0 Å². The van der Waals surface area contributed by atoms with Gasteiger partial charge in [-0.1, -0.05) is 0 Å². The molecule has 92 valence electrons. The first-order valence-corrected chi connectivity index (χ1v) is 7.37. The maximum Gasteiger partial charge on any atom is 0.260 e. The number of nitrogens with one attached hydrogen (secondary N) is 1. The molecular formula is C10H13N3O2S2. The number of aryl methyl sites for hydroxylation is 1. The van der Waals surface area contributed by atoms with Crippen molar-refractivity contribution in [2.75, 3.05) is 7.05 Å². The number of aromatic nitrogens is 2. The van der Waals surface area contributed by atoms with E-state index in [1.807, 2.05) is 16.8 Å². The normalized spacial score (nSPS) is 12.2.